The fraction of sp³-hybridized carbons (Fsp3) is 0.250. The highest BCUT2D eigenvalue weighted by Gasteiger charge is 2.34. The third kappa shape index (κ3) is 2.90. The SMILES string of the molecule is O=C(Cc1ccccc1)NC1CC(=O)OC1=O. The average molecular weight is 233 g/mol. The van der Waals surface area contributed by atoms with Gasteiger partial charge in [-0.05, 0) is 5.56 Å². The summed E-state index contributed by atoms with van der Waals surface area (Å²) in [5.41, 5.74) is 0.850. The first-order chi connectivity index (χ1) is 8.15. The van der Waals surface area contributed by atoms with Gasteiger partial charge in [0.05, 0.1) is 12.8 Å². The lowest BCUT2D eigenvalue weighted by Crippen LogP contribution is -2.38. The summed E-state index contributed by atoms with van der Waals surface area (Å²) in [5, 5.41) is 2.47. The van der Waals surface area contributed by atoms with Crippen LogP contribution in [0.1, 0.15) is 12.0 Å². The Labute approximate surface area is 97.8 Å². The quantitative estimate of drug-likeness (QED) is 0.597. The maximum absolute atomic E-state index is 11.6. The molecule has 1 aliphatic rings. The molecule has 1 amide bonds. The molecule has 5 heteroatoms. The number of hydrogen-bond donors (Lipinski definition) is 1. The largest absolute Gasteiger partial charge is 0.392 e. The predicted molar refractivity (Wildman–Crippen MR) is 57.8 cm³/mol. The first-order valence-corrected chi connectivity index (χ1v) is 5.23. The van der Waals surface area contributed by atoms with Gasteiger partial charge < -0.3 is 10.1 Å². The molecule has 17 heavy (non-hydrogen) atoms. The van der Waals surface area contributed by atoms with Gasteiger partial charge in [0.25, 0.3) is 0 Å². The fourth-order valence-corrected chi connectivity index (χ4v) is 1.61. The Hall–Kier alpha value is -2.17. The van der Waals surface area contributed by atoms with Crippen molar-refractivity contribution in [3.8, 4) is 0 Å². The summed E-state index contributed by atoms with van der Waals surface area (Å²) in [6, 6.07) is 8.31. The summed E-state index contributed by atoms with van der Waals surface area (Å²) < 4.78 is 4.33. The Kier molecular flexibility index (Phi) is 3.18. The predicted octanol–water partition coefficient (Wildman–Crippen LogP) is 0.187. The van der Waals surface area contributed by atoms with Crippen LogP contribution >= 0.6 is 0 Å². The topological polar surface area (TPSA) is 72.5 Å². The highest BCUT2D eigenvalue weighted by molar-refractivity contribution is 5.99. The molecular weight excluding hydrogens is 222 g/mol. The second-order valence-electron chi connectivity index (χ2n) is 3.78. The van der Waals surface area contributed by atoms with Gasteiger partial charge in [0.2, 0.25) is 5.91 Å². The van der Waals surface area contributed by atoms with Crippen LogP contribution in [-0.4, -0.2) is 23.9 Å². The molecular formula is C12H11NO4. The first-order valence-electron chi connectivity index (χ1n) is 5.23. The van der Waals surface area contributed by atoms with Gasteiger partial charge in [0.1, 0.15) is 6.04 Å². The summed E-state index contributed by atoms with van der Waals surface area (Å²) >= 11 is 0. The van der Waals surface area contributed by atoms with Crippen LogP contribution in [0, 0.1) is 0 Å². The summed E-state index contributed by atoms with van der Waals surface area (Å²) in [4.78, 5) is 33.5. The Balaban J connectivity index is 1.90. The molecule has 1 atom stereocenters. The number of esters is 2. The van der Waals surface area contributed by atoms with Gasteiger partial charge in [0, 0.05) is 0 Å². The maximum atomic E-state index is 11.6. The molecule has 1 aromatic rings. The lowest BCUT2D eigenvalue weighted by molar-refractivity contribution is -0.153. The zero-order chi connectivity index (χ0) is 12.3. The van der Waals surface area contributed by atoms with Gasteiger partial charge in [-0.15, -0.1) is 0 Å². The third-order valence-corrected chi connectivity index (χ3v) is 2.41. The molecule has 1 N–H and O–H groups in total. The van der Waals surface area contributed by atoms with Crippen LogP contribution in [0.4, 0.5) is 0 Å². The van der Waals surface area contributed by atoms with Crippen molar-refractivity contribution in [3.63, 3.8) is 0 Å². The molecule has 0 spiro atoms. The van der Waals surface area contributed by atoms with E-state index in [2.05, 4.69) is 10.1 Å². The minimum absolute atomic E-state index is 0.0840. The Morgan fingerprint density at radius 2 is 2.00 bits per heavy atom. The molecule has 5 nitrogen and oxygen atoms in total. The van der Waals surface area contributed by atoms with Gasteiger partial charge in [-0.3, -0.25) is 9.59 Å². The standard InChI is InChI=1S/C12H11NO4/c14-10(6-8-4-2-1-3-5-8)13-9-7-11(15)17-12(9)16/h1-5,9H,6-7H2,(H,13,14). The summed E-state index contributed by atoms with van der Waals surface area (Å²) in [6.45, 7) is 0. The van der Waals surface area contributed by atoms with Crippen molar-refractivity contribution in [1.82, 2.24) is 5.32 Å². The molecule has 0 radical (unpaired) electrons. The van der Waals surface area contributed by atoms with E-state index in [1.54, 1.807) is 0 Å². The normalized spacial score (nSPS) is 18.9. The molecule has 1 unspecified atom stereocenters. The Bertz CT molecular complexity index is 455. The first kappa shape index (κ1) is 11.3. The average Bonchev–Trinajstić information content (AvgIpc) is 2.58. The van der Waals surface area contributed by atoms with Crippen molar-refractivity contribution >= 4 is 17.8 Å². The van der Waals surface area contributed by atoms with Crippen LogP contribution < -0.4 is 5.32 Å². The number of hydrogen-bond acceptors (Lipinski definition) is 4. The molecule has 0 aromatic heterocycles. The van der Waals surface area contributed by atoms with E-state index in [-0.39, 0.29) is 18.7 Å². The van der Waals surface area contributed by atoms with Crippen LogP contribution in [0.5, 0.6) is 0 Å². The second-order valence-corrected chi connectivity index (χ2v) is 3.78. The van der Waals surface area contributed by atoms with Crippen molar-refractivity contribution in [2.24, 2.45) is 0 Å². The van der Waals surface area contributed by atoms with Crippen molar-refractivity contribution in [3.05, 3.63) is 35.9 Å². The number of benzene rings is 1. The number of rotatable bonds is 3. The highest BCUT2D eigenvalue weighted by atomic mass is 16.6. The lowest BCUT2D eigenvalue weighted by Gasteiger charge is -2.07. The summed E-state index contributed by atoms with van der Waals surface area (Å²) in [6.07, 6.45) is 0.0954. The van der Waals surface area contributed by atoms with E-state index < -0.39 is 18.0 Å². The number of carbonyl (C=O) groups excluding carboxylic acids is 3. The zero-order valence-electron chi connectivity index (χ0n) is 9.01. The minimum Gasteiger partial charge on any atom is -0.392 e. The van der Waals surface area contributed by atoms with Gasteiger partial charge in [0.15, 0.2) is 0 Å². The van der Waals surface area contributed by atoms with Crippen LogP contribution in [0.2, 0.25) is 0 Å². The number of amides is 1. The number of ether oxygens (including phenoxy) is 1. The molecule has 1 heterocycles. The van der Waals surface area contributed by atoms with E-state index in [9.17, 15) is 14.4 Å². The van der Waals surface area contributed by atoms with Gasteiger partial charge in [-0.25, -0.2) is 4.79 Å². The van der Waals surface area contributed by atoms with E-state index in [1.165, 1.54) is 0 Å². The van der Waals surface area contributed by atoms with Gasteiger partial charge >= 0.3 is 11.9 Å². The minimum atomic E-state index is -0.835. The van der Waals surface area contributed by atoms with Crippen molar-refractivity contribution in [1.29, 1.82) is 0 Å². The molecule has 0 saturated carbocycles. The molecule has 1 saturated heterocycles. The summed E-state index contributed by atoms with van der Waals surface area (Å²) in [5.74, 6) is -1.58. The van der Waals surface area contributed by atoms with Crippen molar-refractivity contribution < 1.29 is 19.1 Å². The van der Waals surface area contributed by atoms with E-state index >= 15 is 0 Å². The lowest BCUT2D eigenvalue weighted by atomic mass is 10.1. The smallest absolute Gasteiger partial charge is 0.336 e. The third-order valence-electron chi connectivity index (χ3n) is 2.41. The number of nitrogens with one attached hydrogen (secondary N) is 1. The zero-order valence-corrected chi connectivity index (χ0v) is 9.01. The van der Waals surface area contributed by atoms with Crippen LogP contribution in [0.3, 0.4) is 0 Å². The molecule has 1 aliphatic heterocycles. The highest BCUT2D eigenvalue weighted by Crippen LogP contribution is 2.08. The number of cyclic esters (lactones) is 2. The molecule has 88 valence electrons. The van der Waals surface area contributed by atoms with Crippen LogP contribution in [0.25, 0.3) is 0 Å². The molecule has 1 fully saturated rings. The Morgan fingerprint density at radius 1 is 1.29 bits per heavy atom. The summed E-state index contributed by atoms with van der Waals surface area (Å²) in [7, 11) is 0. The van der Waals surface area contributed by atoms with Gasteiger partial charge in [-0.2, -0.15) is 0 Å². The van der Waals surface area contributed by atoms with E-state index in [1.807, 2.05) is 30.3 Å². The molecule has 1 aromatic carbocycles. The molecule has 0 aliphatic carbocycles. The molecule has 2 rings (SSSR count). The second kappa shape index (κ2) is 4.78. The van der Waals surface area contributed by atoms with E-state index in [0.29, 0.717) is 0 Å². The number of carbonyl (C=O) groups is 3. The monoisotopic (exact) mass is 233 g/mol. The Morgan fingerprint density at radius 3 is 2.59 bits per heavy atom. The maximum Gasteiger partial charge on any atom is 0.336 e. The van der Waals surface area contributed by atoms with E-state index in [0.717, 1.165) is 5.56 Å². The molecule has 0 bridgehead atoms. The van der Waals surface area contributed by atoms with Crippen molar-refractivity contribution in [2.75, 3.05) is 0 Å². The fourth-order valence-electron chi connectivity index (χ4n) is 1.61. The van der Waals surface area contributed by atoms with Gasteiger partial charge in [-0.1, -0.05) is 30.3 Å². The van der Waals surface area contributed by atoms with Crippen molar-refractivity contribution in [2.45, 2.75) is 18.9 Å². The van der Waals surface area contributed by atoms with Crippen LogP contribution in [-0.2, 0) is 25.5 Å². The van der Waals surface area contributed by atoms with E-state index in [4.69, 9.17) is 0 Å². The van der Waals surface area contributed by atoms with Crippen LogP contribution in [0.15, 0.2) is 30.3 Å².